The number of ether oxygens (including phenoxy) is 1. The lowest BCUT2D eigenvalue weighted by Gasteiger charge is -2.35. The maximum absolute atomic E-state index is 12.2. The van der Waals surface area contributed by atoms with E-state index in [-0.39, 0.29) is 5.97 Å². The maximum atomic E-state index is 12.2. The zero-order valence-electron chi connectivity index (χ0n) is 12.1. The maximum Gasteiger partial charge on any atom is 0.321 e. The Bertz CT molecular complexity index is 662. The zero-order chi connectivity index (χ0) is 14.9. The van der Waals surface area contributed by atoms with Gasteiger partial charge in [-0.1, -0.05) is 11.6 Å². The van der Waals surface area contributed by atoms with Crippen LogP contribution in [0, 0.1) is 6.92 Å². The van der Waals surface area contributed by atoms with Gasteiger partial charge in [-0.2, -0.15) is 4.98 Å². The molecule has 110 valence electrons. The zero-order valence-corrected chi connectivity index (χ0v) is 12.1. The first-order chi connectivity index (χ1) is 10.2. The van der Waals surface area contributed by atoms with Crippen molar-refractivity contribution in [2.75, 3.05) is 6.61 Å². The SMILES string of the molecule is CCOC(=O)C1(c2nc(-c3cc(C)ccn3)no2)CCC1. The van der Waals surface area contributed by atoms with E-state index in [2.05, 4.69) is 15.1 Å². The summed E-state index contributed by atoms with van der Waals surface area (Å²) in [6, 6.07) is 3.78. The molecular formula is C15H17N3O3. The van der Waals surface area contributed by atoms with Gasteiger partial charge in [-0.15, -0.1) is 0 Å². The van der Waals surface area contributed by atoms with Crippen molar-refractivity contribution in [1.82, 2.24) is 15.1 Å². The Morgan fingerprint density at radius 3 is 2.90 bits per heavy atom. The molecule has 1 aliphatic carbocycles. The summed E-state index contributed by atoms with van der Waals surface area (Å²) in [6.45, 7) is 4.11. The Kier molecular flexibility index (Phi) is 3.45. The van der Waals surface area contributed by atoms with Crippen molar-refractivity contribution in [3.05, 3.63) is 29.8 Å². The number of rotatable bonds is 4. The molecular weight excluding hydrogens is 270 g/mol. The van der Waals surface area contributed by atoms with Crippen molar-refractivity contribution in [2.24, 2.45) is 0 Å². The lowest BCUT2D eigenvalue weighted by molar-refractivity contribution is -0.155. The third-order valence-electron chi connectivity index (χ3n) is 3.85. The molecule has 2 heterocycles. The molecule has 0 bridgehead atoms. The lowest BCUT2D eigenvalue weighted by atomic mass is 9.68. The van der Waals surface area contributed by atoms with E-state index < -0.39 is 5.41 Å². The summed E-state index contributed by atoms with van der Waals surface area (Å²) in [5.74, 6) is 0.471. The molecule has 0 saturated heterocycles. The number of hydrogen-bond donors (Lipinski definition) is 0. The van der Waals surface area contributed by atoms with Crippen LogP contribution < -0.4 is 0 Å². The van der Waals surface area contributed by atoms with Gasteiger partial charge in [0.2, 0.25) is 11.7 Å². The molecule has 1 fully saturated rings. The highest BCUT2D eigenvalue weighted by Gasteiger charge is 2.52. The molecule has 1 aliphatic rings. The van der Waals surface area contributed by atoms with Gasteiger partial charge in [-0.3, -0.25) is 9.78 Å². The number of nitrogens with zero attached hydrogens (tertiary/aromatic N) is 3. The summed E-state index contributed by atoms with van der Waals surface area (Å²) in [5, 5.41) is 3.96. The van der Waals surface area contributed by atoms with Crippen molar-refractivity contribution >= 4 is 5.97 Å². The highest BCUT2D eigenvalue weighted by atomic mass is 16.5. The first-order valence-electron chi connectivity index (χ1n) is 7.10. The van der Waals surface area contributed by atoms with Gasteiger partial charge < -0.3 is 9.26 Å². The van der Waals surface area contributed by atoms with Crippen molar-refractivity contribution < 1.29 is 14.1 Å². The molecule has 0 spiro atoms. The summed E-state index contributed by atoms with van der Waals surface area (Å²) in [5.41, 5.74) is 0.948. The third-order valence-corrected chi connectivity index (χ3v) is 3.85. The van der Waals surface area contributed by atoms with E-state index in [1.54, 1.807) is 13.1 Å². The van der Waals surface area contributed by atoms with Gasteiger partial charge in [0.15, 0.2) is 0 Å². The topological polar surface area (TPSA) is 78.1 Å². The molecule has 0 aliphatic heterocycles. The fourth-order valence-corrected chi connectivity index (χ4v) is 2.49. The second-order valence-corrected chi connectivity index (χ2v) is 5.30. The minimum Gasteiger partial charge on any atom is -0.465 e. The standard InChI is InChI=1S/C15H17N3O3/c1-3-20-14(19)15(6-4-7-15)13-17-12(18-21-13)11-9-10(2)5-8-16-11/h5,8-9H,3-4,6-7H2,1-2H3. The van der Waals surface area contributed by atoms with Crippen LogP contribution >= 0.6 is 0 Å². The van der Waals surface area contributed by atoms with E-state index in [0.29, 0.717) is 36.9 Å². The van der Waals surface area contributed by atoms with Gasteiger partial charge in [0.25, 0.3) is 0 Å². The average molecular weight is 287 g/mol. The van der Waals surface area contributed by atoms with Gasteiger partial charge in [0.1, 0.15) is 11.1 Å². The van der Waals surface area contributed by atoms with Crippen LogP contribution in [0.5, 0.6) is 0 Å². The number of hydrogen-bond acceptors (Lipinski definition) is 6. The number of carbonyl (C=O) groups is 1. The van der Waals surface area contributed by atoms with E-state index in [4.69, 9.17) is 9.26 Å². The quantitative estimate of drug-likeness (QED) is 0.804. The molecule has 2 aromatic heterocycles. The molecule has 0 unspecified atom stereocenters. The molecule has 6 nitrogen and oxygen atoms in total. The van der Waals surface area contributed by atoms with Crippen LogP contribution in [0.2, 0.25) is 0 Å². The van der Waals surface area contributed by atoms with Gasteiger partial charge >= 0.3 is 5.97 Å². The first kappa shape index (κ1) is 13.7. The fraction of sp³-hybridized carbons (Fsp3) is 0.467. The Balaban J connectivity index is 1.92. The van der Waals surface area contributed by atoms with Gasteiger partial charge in [-0.25, -0.2) is 0 Å². The highest BCUT2D eigenvalue weighted by molar-refractivity contribution is 5.83. The van der Waals surface area contributed by atoms with E-state index in [0.717, 1.165) is 12.0 Å². The number of esters is 1. The van der Waals surface area contributed by atoms with E-state index >= 15 is 0 Å². The number of pyridine rings is 1. The lowest BCUT2D eigenvalue weighted by Crippen LogP contribution is -2.44. The summed E-state index contributed by atoms with van der Waals surface area (Å²) < 4.78 is 10.5. The van der Waals surface area contributed by atoms with Crippen molar-refractivity contribution in [1.29, 1.82) is 0 Å². The second-order valence-electron chi connectivity index (χ2n) is 5.30. The molecule has 2 aromatic rings. The van der Waals surface area contributed by atoms with Crippen LogP contribution in [0.4, 0.5) is 0 Å². The smallest absolute Gasteiger partial charge is 0.321 e. The highest BCUT2D eigenvalue weighted by Crippen LogP contribution is 2.44. The van der Waals surface area contributed by atoms with Crippen LogP contribution in [0.1, 0.15) is 37.6 Å². The fourth-order valence-electron chi connectivity index (χ4n) is 2.49. The number of carbonyl (C=O) groups excluding carboxylic acids is 1. The van der Waals surface area contributed by atoms with E-state index in [1.165, 1.54) is 0 Å². The Morgan fingerprint density at radius 1 is 1.48 bits per heavy atom. The van der Waals surface area contributed by atoms with Crippen LogP contribution in [0.25, 0.3) is 11.5 Å². The molecule has 0 amide bonds. The Hall–Kier alpha value is -2.24. The van der Waals surface area contributed by atoms with Crippen molar-refractivity contribution in [3.8, 4) is 11.5 Å². The number of aryl methyl sites for hydroxylation is 1. The molecule has 0 atom stereocenters. The minimum atomic E-state index is -0.759. The Morgan fingerprint density at radius 2 is 2.29 bits per heavy atom. The predicted octanol–water partition coefficient (Wildman–Crippen LogP) is 2.42. The first-order valence-corrected chi connectivity index (χ1v) is 7.10. The Labute approximate surface area is 122 Å². The average Bonchev–Trinajstić information content (AvgIpc) is 2.88. The normalized spacial score (nSPS) is 16.3. The van der Waals surface area contributed by atoms with Gasteiger partial charge in [-0.05, 0) is 44.4 Å². The molecule has 21 heavy (non-hydrogen) atoms. The minimum absolute atomic E-state index is 0.274. The molecule has 0 radical (unpaired) electrons. The monoisotopic (exact) mass is 287 g/mol. The summed E-state index contributed by atoms with van der Waals surface area (Å²) in [4.78, 5) is 20.8. The predicted molar refractivity (Wildman–Crippen MR) is 74.4 cm³/mol. The molecule has 6 heteroatoms. The number of aromatic nitrogens is 3. The third kappa shape index (κ3) is 2.30. The van der Waals surface area contributed by atoms with Crippen molar-refractivity contribution in [2.45, 2.75) is 38.5 Å². The summed E-state index contributed by atoms with van der Waals surface area (Å²) >= 11 is 0. The van der Waals surface area contributed by atoms with E-state index in [9.17, 15) is 4.79 Å². The van der Waals surface area contributed by atoms with Crippen LogP contribution in [0.15, 0.2) is 22.9 Å². The van der Waals surface area contributed by atoms with Crippen LogP contribution in [-0.2, 0) is 14.9 Å². The van der Waals surface area contributed by atoms with Gasteiger partial charge in [0, 0.05) is 6.20 Å². The molecule has 1 saturated carbocycles. The summed E-state index contributed by atoms with van der Waals surface area (Å²) in [6.07, 6.45) is 4.04. The molecule has 0 N–H and O–H groups in total. The van der Waals surface area contributed by atoms with Crippen molar-refractivity contribution in [3.63, 3.8) is 0 Å². The van der Waals surface area contributed by atoms with E-state index in [1.807, 2.05) is 19.1 Å². The van der Waals surface area contributed by atoms with Gasteiger partial charge in [0.05, 0.1) is 6.61 Å². The molecule has 0 aromatic carbocycles. The van der Waals surface area contributed by atoms with Crippen LogP contribution in [-0.4, -0.2) is 27.7 Å². The second kappa shape index (κ2) is 5.27. The van der Waals surface area contributed by atoms with Crippen LogP contribution in [0.3, 0.4) is 0 Å². The molecule has 3 rings (SSSR count). The largest absolute Gasteiger partial charge is 0.465 e. The summed E-state index contributed by atoms with van der Waals surface area (Å²) in [7, 11) is 0.